The van der Waals surface area contributed by atoms with E-state index in [2.05, 4.69) is 10.4 Å². The Morgan fingerprint density at radius 1 is 1.22 bits per heavy atom. The zero-order valence-electron chi connectivity index (χ0n) is 19.3. The summed E-state index contributed by atoms with van der Waals surface area (Å²) in [6.07, 6.45) is 0.790. The average molecular weight is 455 g/mol. The van der Waals surface area contributed by atoms with Gasteiger partial charge in [-0.1, -0.05) is 30.3 Å². The Kier molecular flexibility index (Phi) is 6.74. The summed E-state index contributed by atoms with van der Waals surface area (Å²) in [7, 11) is 1.89. The van der Waals surface area contributed by atoms with Gasteiger partial charge in [0.2, 0.25) is 0 Å². The van der Waals surface area contributed by atoms with Crippen LogP contribution in [0.5, 0.6) is 0 Å². The minimum absolute atomic E-state index is 0.145. The van der Waals surface area contributed by atoms with Crippen molar-refractivity contribution >= 4 is 23.3 Å². The van der Waals surface area contributed by atoms with E-state index in [-0.39, 0.29) is 12.5 Å². The minimum Gasteiger partial charge on any atom is -0.465 e. The van der Waals surface area contributed by atoms with Gasteiger partial charge in [-0.25, -0.2) is 4.79 Å². The molecule has 0 saturated carbocycles. The third-order valence-corrected chi connectivity index (χ3v) is 6.48. The molecule has 7 nitrogen and oxygen atoms in total. The molecule has 0 spiro atoms. The van der Waals surface area contributed by atoms with E-state index in [0.29, 0.717) is 4.88 Å². The Bertz CT molecular complexity index is 1090. The highest BCUT2D eigenvalue weighted by atomic mass is 32.1. The minimum atomic E-state index is -1.02. The average Bonchev–Trinajstić information content (AvgIpc) is 3.25. The summed E-state index contributed by atoms with van der Waals surface area (Å²) in [4.78, 5) is 28.1. The molecule has 0 unspecified atom stereocenters. The molecule has 2 heterocycles. The fourth-order valence-electron chi connectivity index (χ4n) is 3.73. The molecular weight excluding hydrogens is 424 g/mol. The van der Waals surface area contributed by atoms with Gasteiger partial charge in [0, 0.05) is 29.6 Å². The first-order valence-electron chi connectivity index (χ1n) is 10.4. The lowest BCUT2D eigenvalue weighted by Crippen LogP contribution is -2.49. The molecule has 2 amide bonds. The van der Waals surface area contributed by atoms with Crippen LogP contribution >= 0.6 is 11.3 Å². The number of carbonyl (C=O) groups is 2. The maximum Gasteiger partial charge on any atom is 0.407 e. The Morgan fingerprint density at radius 3 is 2.41 bits per heavy atom. The highest BCUT2D eigenvalue weighted by Crippen LogP contribution is 2.33. The monoisotopic (exact) mass is 454 g/mol. The molecule has 3 aromatic rings. The summed E-state index contributed by atoms with van der Waals surface area (Å²) in [5, 5.41) is 17.1. The summed E-state index contributed by atoms with van der Waals surface area (Å²) in [5.74, 6) is -0.225. The Labute approximate surface area is 192 Å². The third kappa shape index (κ3) is 5.02. The van der Waals surface area contributed by atoms with Crippen LogP contribution < -0.4 is 5.32 Å². The van der Waals surface area contributed by atoms with E-state index < -0.39 is 17.7 Å². The molecule has 0 saturated heterocycles. The SMILES string of the molecule is Cc1cnn(C)c1-c1cc(C(=O)N[C@@H](CN(C(=O)O)C(C)(C)C)c2ccccc2)sc1C. The number of aryl methyl sites for hydroxylation is 3. The van der Waals surface area contributed by atoms with Crippen molar-refractivity contribution in [1.82, 2.24) is 20.0 Å². The maximum absolute atomic E-state index is 13.2. The van der Waals surface area contributed by atoms with Gasteiger partial charge in [-0.3, -0.25) is 9.48 Å². The number of thiophene rings is 1. The molecule has 0 fully saturated rings. The standard InChI is InChI=1S/C24H30N4O3S/c1-15-13-25-27(6)21(15)18-12-20(32-16(18)2)22(29)26-19(17-10-8-7-9-11-17)14-28(23(30)31)24(3,4)5/h7-13,19H,14H2,1-6H3,(H,26,29)(H,30,31)/t19-/m0/s1. The first-order valence-corrected chi connectivity index (χ1v) is 11.3. The fraction of sp³-hybridized carbons (Fsp3) is 0.375. The van der Waals surface area contributed by atoms with Crippen LogP contribution in [0.2, 0.25) is 0 Å². The van der Waals surface area contributed by atoms with Crippen molar-refractivity contribution in [1.29, 1.82) is 0 Å². The number of carbonyl (C=O) groups excluding carboxylic acids is 1. The van der Waals surface area contributed by atoms with E-state index in [4.69, 9.17) is 0 Å². The van der Waals surface area contributed by atoms with Gasteiger partial charge in [0.1, 0.15) is 0 Å². The Morgan fingerprint density at radius 2 is 1.88 bits per heavy atom. The van der Waals surface area contributed by atoms with Gasteiger partial charge in [0.25, 0.3) is 5.91 Å². The van der Waals surface area contributed by atoms with Crippen LogP contribution in [0.4, 0.5) is 4.79 Å². The number of amides is 2. The van der Waals surface area contributed by atoms with Crippen molar-refractivity contribution in [3.63, 3.8) is 0 Å². The van der Waals surface area contributed by atoms with Gasteiger partial charge in [0.05, 0.1) is 22.8 Å². The van der Waals surface area contributed by atoms with Crippen LogP contribution in [-0.4, -0.2) is 43.9 Å². The number of carboxylic acid groups (broad SMARTS) is 1. The van der Waals surface area contributed by atoms with E-state index in [1.165, 1.54) is 16.2 Å². The molecule has 32 heavy (non-hydrogen) atoms. The Hall–Kier alpha value is -3.13. The van der Waals surface area contributed by atoms with E-state index in [1.807, 2.05) is 88.9 Å². The van der Waals surface area contributed by atoms with Crippen LogP contribution in [0.25, 0.3) is 11.3 Å². The molecule has 0 aliphatic rings. The summed E-state index contributed by atoms with van der Waals surface area (Å²) in [6, 6.07) is 10.9. The smallest absolute Gasteiger partial charge is 0.407 e. The normalized spacial score (nSPS) is 12.4. The first kappa shape index (κ1) is 23.5. The molecular formula is C24H30N4O3S. The topological polar surface area (TPSA) is 87.5 Å². The second-order valence-corrected chi connectivity index (χ2v) is 10.1. The van der Waals surface area contributed by atoms with Crippen molar-refractivity contribution < 1.29 is 14.7 Å². The number of hydrogen-bond acceptors (Lipinski definition) is 4. The second kappa shape index (κ2) is 9.16. The third-order valence-electron chi connectivity index (χ3n) is 5.43. The van der Waals surface area contributed by atoms with Crippen LogP contribution in [0.15, 0.2) is 42.6 Å². The number of aromatic nitrogens is 2. The van der Waals surface area contributed by atoms with Gasteiger partial charge >= 0.3 is 6.09 Å². The molecule has 8 heteroatoms. The Balaban J connectivity index is 1.91. The number of hydrogen-bond donors (Lipinski definition) is 2. The van der Waals surface area contributed by atoms with Crippen LogP contribution in [0.3, 0.4) is 0 Å². The van der Waals surface area contributed by atoms with Crippen LogP contribution in [0.1, 0.15) is 52.5 Å². The zero-order valence-corrected chi connectivity index (χ0v) is 20.2. The van der Waals surface area contributed by atoms with Gasteiger partial charge < -0.3 is 15.3 Å². The van der Waals surface area contributed by atoms with Gasteiger partial charge in [-0.05, 0) is 51.8 Å². The summed E-state index contributed by atoms with van der Waals surface area (Å²) >= 11 is 1.42. The molecule has 1 aromatic carbocycles. The highest BCUT2D eigenvalue weighted by molar-refractivity contribution is 7.14. The number of benzene rings is 1. The van der Waals surface area contributed by atoms with Crippen molar-refractivity contribution in [3.8, 4) is 11.3 Å². The van der Waals surface area contributed by atoms with Crippen LogP contribution in [0, 0.1) is 13.8 Å². The number of rotatable bonds is 6. The van der Waals surface area contributed by atoms with Crippen LogP contribution in [-0.2, 0) is 7.05 Å². The van der Waals surface area contributed by atoms with E-state index in [0.717, 1.165) is 27.3 Å². The lowest BCUT2D eigenvalue weighted by Gasteiger charge is -2.36. The molecule has 0 bridgehead atoms. The van der Waals surface area contributed by atoms with Crippen molar-refractivity contribution in [2.24, 2.45) is 7.05 Å². The van der Waals surface area contributed by atoms with Gasteiger partial charge in [-0.2, -0.15) is 5.10 Å². The largest absolute Gasteiger partial charge is 0.465 e. The summed E-state index contributed by atoms with van der Waals surface area (Å²) in [5.41, 5.74) is 3.27. The zero-order chi connectivity index (χ0) is 23.6. The molecule has 0 aliphatic heterocycles. The lowest BCUT2D eigenvalue weighted by atomic mass is 10.0. The van der Waals surface area contributed by atoms with E-state index in [9.17, 15) is 14.7 Å². The summed E-state index contributed by atoms with van der Waals surface area (Å²) < 4.78 is 1.81. The number of nitrogens with one attached hydrogen (secondary N) is 1. The van der Waals surface area contributed by atoms with E-state index in [1.54, 1.807) is 0 Å². The molecule has 3 rings (SSSR count). The van der Waals surface area contributed by atoms with Gasteiger partial charge in [0.15, 0.2) is 0 Å². The molecule has 0 radical (unpaired) electrons. The van der Waals surface area contributed by atoms with Crippen molar-refractivity contribution in [2.45, 2.75) is 46.2 Å². The van der Waals surface area contributed by atoms with E-state index >= 15 is 0 Å². The first-order chi connectivity index (χ1) is 15.0. The second-order valence-electron chi connectivity index (χ2n) is 8.88. The predicted octanol–water partition coefficient (Wildman–Crippen LogP) is 5.02. The van der Waals surface area contributed by atoms with Crippen molar-refractivity contribution in [3.05, 3.63) is 63.5 Å². The molecule has 170 valence electrons. The molecule has 2 N–H and O–H groups in total. The predicted molar refractivity (Wildman–Crippen MR) is 127 cm³/mol. The summed E-state index contributed by atoms with van der Waals surface area (Å²) in [6.45, 7) is 9.66. The molecule has 0 aliphatic carbocycles. The van der Waals surface area contributed by atoms with Crippen molar-refractivity contribution in [2.75, 3.05) is 6.54 Å². The maximum atomic E-state index is 13.2. The quantitative estimate of drug-likeness (QED) is 0.548. The molecule has 2 aromatic heterocycles. The fourth-order valence-corrected chi connectivity index (χ4v) is 4.66. The van der Waals surface area contributed by atoms with Gasteiger partial charge in [-0.15, -0.1) is 11.3 Å². The molecule has 1 atom stereocenters. The highest BCUT2D eigenvalue weighted by Gasteiger charge is 2.30. The lowest BCUT2D eigenvalue weighted by molar-refractivity contribution is 0.0824. The number of nitrogens with zero attached hydrogens (tertiary/aromatic N) is 3.